The maximum atomic E-state index is 11.5. The lowest BCUT2D eigenvalue weighted by molar-refractivity contribution is 0.345. The predicted octanol–water partition coefficient (Wildman–Crippen LogP) is 1.63. The van der Waals surface area contributed by atoms with E-state index in [0.29, 0.717) is 18.1 Å². The topological polar surface area (TPSA) is 49.4 Å². The summed E-state index contributed by atoms with van der Waals surface area (Å²) in [4.78, 5) is 3.21. The molecule has 0 amide bonds. The van der Waals surface area contributed by atoms with E-state index in [0.717, 1.165) is 6.54 Å². The molecule has 0 aromatic carbocycles. The Bertz CT molecular complexity index is 525. The van der Waals surface area contributed by atoms with Gasteiger partial charge in [-0.15, -0.1) is 11.3 Å². The van der Waals surface area contributed by atoms with Crippen LogP contribution in [0.4, 0.5) is 0 Å². The van der Waals surface area contributed by atoms with Crippen LogP contribution < -0.4 is 5.32 Å². The van der Waals surface area contributed by atoms with E-state index in [1.807, 2.05) is 23.3 Å². The van der Waals surface area contributed by atoms with Crippen LogP contribution in [0, 0.1) is 0 Å². The Morgan fingerprint density at radius 3 is 2.95 bits per heavy atom. The number of hydrogen-bond acceptors (Lipinski definition) is 4. The molecular formula is C12H18N2O2S3. The number of nitrogens with zero attached hydrogens (tertiary/aromatic N) is 1. The summed E-state index contributed by atoms with van der Waals surface area (Å²) in [5.74, 6) is 0.503. The SMILES string of the molecule is CCN(C(=S)NCc1cccs1)[C@H]1CCS(=O)(=O)C1. The first kappa shape index (κ1) is 14.7. The number of nitrogens with one attached hydrogen (secondary N) is 1. The van der Waals surface area contributed by atoms with Gasteiger partial charge in [-0.25, -0.2) is 8.42 Å². The van der Waals surface area contributed by atoms with Crippen LogP contribution in [0.25, 0.3) is 0 Å². The molecule has 0 bridgehead atoms. The molecule has 0 unspecified atom stereocenters. The molecule has 1 fully saturated rings. The molecule has 1 aromatic rings. The van der Waals surface area contributed by atoms with Crippen LogP contribution in [0.1, 0.15) is 18.2 Å². The molecule has 1 aromatic heterocycles. The van der Waals surface area contributed by atoms with E-state index in [1.165, 1.54) is 4.88 Å². The van der Waals surface area contributed by atoms with Crippen molar-refractivity contribution in [3.63, 3.8) is 0 Å². The van der Waals surface area contributed by atoms with Gasteiger partial charge in [-0.3, -0.25) is 0 Å². The Kier molecular flexibility index (Phi) is 4.81. The summed E-state index contributed by atoms with van der Waals surface area (Å²) in [6, 6.07) is 4.08. The summed E-state index contributed by atoms with van der Waals surface area (Å²) in [6.45, 7) is 3.44. The first-order valence-corrected chi connectivity index (χ1v) is 9.40. The lowest BCUT2D eigenvalue weighted by Crippen LogP contribution is -2.46. The number of sulfone groups is 1. The van der Waals surface area contributed by atoms with Crippen LogP contribution in [-0.2, 0) is 16.4 Å². The van der Waals surface area contributed by atoms with Crippen LogP contribution >= 0.6 is 23.6 Å². The van der Waals surface area contributed by atoms with Gasteiger partial charge in [0.05, 0.1) is 18.1 Å². The molecule has 1 atom stereocenters. The van der Waals surface area contributed by atoms with Gasteiger partial charge < -0.3 is 10.2 Å². The summed E-state index contributed by atoms with van der Waals surface area (Å²) in [7, 11) is -2.87. The fraction of sp³-hybridized carbons (Fsp3) is 0.583. The number of thiocarbonyl (C=S) groups is 1. The zero-order valence-electron chi connectivity index (χ0n) is 10.8. The molecule has 1 aliphatic rings. The van der Waals surface area contributed by atoms with Crippen LogP contribution in [-0.4, -0.2) is 42.5 Å². The minimum Gasteiger partial charge on any atom is -0.358 e. The van der Waals surface area contributed by atoms with Crippen molar-refractivity contribution >= 4 is 38.5 Å². The van der Waals surface area contributed by atoms with Crippen molar-refractivity contribution in [1.82, 2.24) is 10.2 Å². The van der Waals surface area contributed by atoms with Crippen LogP contribution in [0.2, 0.25) is 0 Å². The van der Waals surface area contributed by atoms with Crippen molar-refractivity contribution in [2.45, 2.75) is 25.9 Å². The van der Waals surface area contributed by atoms with Crippen LogP contribution in [0.3, 0.4) is 0 Å². The summed E-state index contributed by atoms with van der Waals surface area (Å²) in [6.07, 6.45) is 0.678. The zero-order valence-corrected chi connectivity index (χ0v) is 13.3. The minimum absolute atomic E-state index is 0.0262. The van der Waals surface area contributed by atoms with Gasteiger partial charge in [0.25, 0.3) is 0 Å². The molecule has 0 spiro atoms. The Hall–Kier alpha value is -0.660. The fourth-order valence-electron chi connectivity index (χ4n) is 2.27. The van der Waals surface area contributed by atoms with E-state index in [1.54, 1.807) is 11.3 Å². The highest BCUT2D eigenvalue weighted by Crippen LogP contribution is 2.18. The zero-order chi connectivity index (χ0) is 13.9. The molecule has 0 radical (unpaired) electrons. The van der Waals surface area contributed by atoms with E-state index in [-0.39, 0.29) is 17.5 Å². The summed E-state index contributed by atoms with van der Waals surface area (Å²) < 4.78 is 23.1. The smallest absolute Gasteiger partial charge is 0.169 e. The van der Waals surface area contributed by atoms with Gasteiger partial charge in [-0.05, 0) is 37.0 Å². The fourth-order valence-corrected chi connectivity index (χ4v) is 4.99. The highest BCUT2D eigenvalue weighted by Gasteiger charge is 2.32. The number of rotatable bonds is 4. The van der Waals surface area contributed by atoms with Gasteiger partial charge in [-0.1, -0.05) is 6.07 Å². The molecule has 1 saturated heterocycles. The molecule has 2 rings (SSSR count). The second-order valence-corrected chi connectivity index (χ2v) is 8.23. The first-order valence-electron chi connectivity index (χ1n) is 6.29. The molecule has 0 aliphatic carbocycles. The standard InChI is InChI=1S/C12H18N2O2S3/c1-2-14(10-5-7-19(15,16)9-10)12(17)13-8-11-4-3-6-18-11/h3-4,6,10H,2,5,7-9H2,1H3,(H,13,17)/t10-/m0/s1. The molecule has 1 N–H and O–H groups in total. The third kappa shape index (κ3) is 3.90. The molecule has 7 heteroatoms. The third-order valence-corrected chi connectivity index (χ3v) is 6.25. The quantitative estimate of drug-likeness (QED) is 0.855. The average molecular weight is 318 g/mol. The van der Waals surface area contributed by atoms with Gasteiger partial charge in [0, 0.05) is 17.5 Å². The largest absolute Gasteiger partial charge is 0.358 e. The van der Waals surface area contributed by atoms with Crippen molar-refractivity contribution in [3.8, 4) is 0 Å². The Morgan fingerprint density at radius 1 is 1.63 bits per heavy atom. The maximum Gasteiger partial charge on any atom is 0.169 e. The van der Waals surface area contributed by atoms with Gasteiger partial charge in [0.15, 0.2) is 14.9 Å². The second kappa shape index (κ2) is 6.19. The minimum atomic E-state index is -2.87. The third-order valence-electron chi connectivity index (χ3n) is 3.24. The lowest BCUT2D eigenvalue weighted by atomic mass is 10.2. The van der Waals surface area contributed by atoms with Gasteiger partial charge in [0.1, 0.15) is 0 Å². The normalized spacial score (nSPS) is 21.2. The molecule has 4 nitrogen and oxygen atoms in total. The van der Waals surface area contributed by atoms with Crippen LogP contribution in [0.15, 0.2) is 17.5 Å². The van der Waals surface area contributed by atoms with E-state index in [2.05, 4.69) is 11.4 Å². The molecule has 2 heterocycles. The van der Waals surface area contributed by atoms with E-state index < -0.39 is 9.84 Å². The van der Waals surface area contributed by atoms with E-state index in [9.17, 15) is 8.42 Å². The second-order valence-electron chi connectivity index (χ2n) is 4.58. The van der Waals surface area contributed by atoms with Crippen molar-refractivity contribution in [2.24, 2.45) is 0 Å². The van der Waals surface area contributed by atoms with Gasteiger partial charge >= 0.3 is 0 Å². The van der Waals surface area contributed by atoms with Crippen molar-refractivity contribution < 1.29 is 8.42 Å². The monoisotopic (exact) mass is 318 g/mol. The summed E-state index contributed by atoms with van der Waals surface area (Å²) >= 11 is 7.06. The Labute approximate surface area is 123 Å². The highest BCUT2D eigenvalue weighted by molar-refractivity contribution is 7.91. The molecule has 19 heavy (non-hydrogen) atoms. The number of thiophene rings is 1. The van der Waals surface area contributed by atoms with Gasteiger partial charge in [-0.2, -0.15) is 0 Å². The first-order chi connectivity index (χ1) is 9.02. The molecular weight excluding hydrogens is 300 g/mol. The number of hydrogen-bond donors (Lipinski definition) is 1. The molecule has 0 saturated carbocycles. The molecule has 1 aliphatic heterocycles. The van der Waals surface area contributed by atoms with Crippen LogP contribution in [0.5, 0.6) is 0 Å². The summed E-state index contributed by atoms with van der Waals surface area (Å²) in [5, 5.41) is 5.89. The van der Waals surface area contributed by atoms with E-state index in [4.69, 9.17) is 12.2 Å². The van der Waals surface area contributed by atoms with Crippen molar-refractivity contribution in [2.75, 3.05) is 18.1 Å². The highest BCUT2D eigenvalue weighted by atomic mass is 32.2. The van der Waals surface area contributed by atoms with Crippen molar-refractivity contribution in [3.05, 3.63) is 22.4 Å². The Balaban J connectivity index is 1.92. The van der Waals surface area contributed by atoms with E-state index >= 15 is 0 Å². The van der Waals surface area contributed by atoms with Crippen molar-refractivity contribution in [1.29, 1.82) is 0 Å². The summed E-state index contributed by atoms with van der Waals surface area (Å²) in [5.41, 5.74) is 0. The Morgan fingerprint density at radius 2 is 2.42 bits per heavy atom. The average Bonchev–Trinajstić information content (AvgIpc) is 2.97. The maximum absolute atomic E-state index is 11.5. The molecule has 106 valence electrons. The lowest BCUT2D eigenvalue weighted by Gasteiger charge is -2.29. The van der Waals surface area contributed by atoms with Gasteiger partial charge in [0.2, 0.25) is 0 Å². The predicted molar refractivity (Wildman–Crippen MR) is 83.2 cm³/mol.